The first kappa shape index (κ1) is 18.5. The van der Waals surface area contributed by atoms with Crippen LogP contribution in [0.5, 0.6) is 5.75 Å². The van der Waals surface area contributed by atoms with Gasteiger partial charge in [-0.15, -0.1) is 0 Å². The van der Waals surface area contributed by atoms with Gasteiger partial charge in [0.1, 0.15) is 5.75 Å². The second-order valence-corrected chi connectivity index (χ2v) is 5.86. The summed E-state index contributed by atoms with van der Waals surface area (Å²) in [6, 6.07) is 17.1. The van der Waals surface area contributed by atoms with Gasteiger partial charge in [0.05, 0.1) is 7.11 Å². The number of benzene rings is 2. The third-order valence-corrected chi connectivity index (χ3v) is 3.98. The zero-order chi connectivity index (χ0) is 18.2. The minimum Gasteiger partial charge on any atom is -0.497 e. The average molecular weight is 340 g/mol. The van der Waals surface area contributed by atoms with Crippen molar-refractivity contribution in [1.29, 1.82) is 0 Å². The number of ether oxygens (including phenoxy) is 1. The van der Waals surface area contributed by atoms with Crippen molar-refractivity contribution in [3.8, 4) is 5.75 Å². The van der Waals surface area contributed by atoms with E-state index >= 15 is 0 Å². The van der Waals surface area contributed by atoms with Gasteiger partial charge in [0.25, 0.3) is 0 Å². The van der Waals surface area contributed by atoms with E-state index < -0.39 is 0 Å². The molecule has 0 heterocycles. The van der Waals surface area contributed by atoms with Crippen LogP contribution >= 0.6 is 0 Å². The highest BCUT2D eigenvalue weighted by Gasteiger charge is 2.16. The Morgan fingerprint density at radius 1 is 1.04 bits per heavy atom. The number of rotatable bonds is 7. The molecule has 2 aromatic rings. The van der Waals surface area contributed by atoms with Crippen LogP contribution in [0.2, 0.25) is 0 Å². The highest BCUT2D eigenvalue weighted by molar-refractivity contribution is 5.92. The zero-order valence-electron chi connectivity index (χ0n) is 14.9. The molecule has 0 aliphatic carbocycles. The quantitative estimate of drug-likeness (QED) is 0.778. The van der Waals surface area contributed by atoms with E-state index in [1.807, 2.05) is 48.5 Å². The van der Waals surface area contributed by atoms with E-state index in [0.717, 1.165) is 11.3 Å². The first-order valence-electron chi connectivity index (χ1n) is 8.21. The lowest BCUT2D eigenvalue weighted by molar-refractivity contribution is -0.130. The van der Waals surface area contributed by atoms with Gasteiger partial charge in [0.15, 0.2) is 0 Å². The highest BCUT2D eigenvalue weighted by Crippen LogP contribution is 2.21. The van der Waals surface area contributed by atoms with Gasteiger partial charge in [-0.2, -0.15) is 0 Å². The van der Waals surface area contributed by atoms with E-state index in [4.69, 9.17) is 4.74 Å². The van der Waals surface area contributed by atoms with Gasteiger partial charge in [0.2, 0.25) is 11.8 Å². The summed E-state index contributed by atoms with van der Waals surface area (Å²) in [6.07, 6.45) is 0.264. The largest absolute Gasteiger partial charge is 0.497 e. The normalized spacial score (nSPS) is 10.2. The minimum atomic E-state index is -0.105. The fourth-order valence-electron chi connectivity index (χ4n) is 2.59. The molecule has 2 rings (SSSR count). The molecule has 0 aliphatic heterocycles. The van der Waals surface area contributed by atoms with Crippen LogP contribution in [0, 0.1) is 0 Å². The van der Waals surface area contributed by atoms with E-state index in [1.165, 1.54) is 6.92 Å². The molecule has 2 amide bonds. The number of nitrogens with zero attached hydrogens (tertiary/aromatic N) is 2. The van der Waals surface area contributed by atoms with Crippen LogP contribution in [-0.4, -0.2) is 37.4 Å². The maximum Gasteiger partial charge on any atom is 0.224 e. The Bertz CT molecular complexity index is 716. The SMILES string of the molecule is COc1cccc(N(CCC(=O)N(C)Cc2ccccc2)C(C)=O)c1. The number of methoxy groups -OCH3 is 1. The van der Waals surface area contributed by atoms with Crippen molar-refractivity contribution >= 4 is 17.5 Å². The number of hydrogen-bond acceptors (Lipinski definition) is 3. The summed E-state index contributed by atoms with van der Waals surface area (Å²) in [4.78, 5) is 27.6. The second kappa shape index (κ2) is 8.87. The first-order valence-corrected chi connectivity index (χ1v) is 8.21. The van der Waals surface area contributed by atoms with Crippen LogP contribution in [-0.2, 0) is 16.1 Å². The van der Waals surface area contributed by atoms with Gasteiger partial charge in [0, 0.05) is 45.2 Å². The summed E-state index contributed by atoms with van der Waals surface area (Å²) >= 11 is 0. The third-order valence-electron chi connectivity index (χ3n) is 3.98. The molecule has 0 fully saturated rings. The van der Waals surface area contributed by atoms with Crippen molar-refractivity contribution in [3.63, 3.8) is 0 Å². The zero-order valence-corrected chi connectivity index (χ0v) is 14.9. The van der Waals surface area contributed by atoms with Gasteiger partial charge in [-0.05, 0) is 17.7 Å². The van der Waals surface area contributed by atoms with Crippen molar-refractivity contribution < 1.29 is 14.3 Å². The fourth-order valence-corrected chi connectivity index (χ4v) is 2.59. The number of carbonyl (C=O) groups is 2. The van der Waals surface area contributed by atoms with Gasteiger partial charge in [-0.25, -0.2) is 0 Å². The van der Waals surface area contributed by atoms with Gasteiger partial charge < -0.3 is 14.5 Å². The monoisotopic (exact) mass is 340 g/mol. The molecule has 0 saturated heterocycles. The van der Waals surface area contributed by atoms with Gasteiger partial charge in [-0.1, -0.05) is 36.4 Å². The second-order valence-electron chi connectivity index (χ2n) is 5.86. The summed E-state index contributed by atoms with van der Waals surface area (Å²) in [7, 11) is 3.36. The Morgan fingerprint density at radius 2 is 1.76 bits per heavy atom. The molecule has 2 aromatic carbocycles. The van der Waals surface area contributed by atoms with Crippen LogP contribution in [0.25, 0.3) is 0 Å². The summed E-state index contributed by atoms with van der Waals surface area (Å²) in [5, 5.41) is 0. The van der Waals surface area contributed by atoms with Crippen molar-refractivity contribution in [2.24, 2.45) is 0 Å². The Labute approximate surface area is 148 Å². The molecule has 0 bridgehead atoms. The average Bonchev–Trinajstić information content (AvgIpc) is 2.62. The lowest BCUT2D eigenvalue weighted by Gasteiger charge is -2.23. The Hall–Kier alpha value is -2.82. The maximum atomic E-state index is 12.4. The molecule has 0 aromatic heterocycles. The molecule has 25 heavy (non-hydrogen) atoms. The van der Waals surface area contributed by atoms with E-state index in [0.29, 0.717) is 18.8 Å². The van der Waals surface area contributed by atoms with E-state index in [-0.39, 0.29) is 18.2 Å². The van der Waals surface area contributed by atoms with Crippen molar-refractivity contribution in [3.05, 3.63) is 60.2 Å². The molecule has 5 nitrogen and oxygen atoms in total. The van der Waals surface area contributed by atoms with E-state index in [2.05, 4.69) is 0 Å². The van der Waals surface area contributed by atoms with Crippen LogP contribution in [0.1, 0.15) is 18.9 Å². The molecular formula is C20H24N2O3. The lowest BCUT2D eigenvalue weighted by Crippen LogP contribution is -2.34. The Morgan fingerprint density at radius 3 is 2.40 bits per heavy atom. The van der Waals surface area contributed by atoms with Crippen molar-refractivity contribution in [2.75, 3.05) is 25.6 Å². The van der Waals surface area contributed by atoms with Gasteiger partial charge in [-0.3, -0.25) is 9.59 Å². The van der Waals surface area contributed by atoms with Crippen LogP contribution < -0.4 is 9.64 Å². The molecule has 0 unspecified atom stereocenters. The molecule has 0 atom stereocenters. The Kier molecular flexibility index (Phi) is 6.57. The molecule has 0 N–H and O–H groups in total. The summed E-state index contributed by atoms with van der Waals surface area (Å²) < 4.78 is 5.20. The molecule has 0 radical (unpaired) electrons. The highest BCUT2D eigenvalue weighted by atomic mass is 16.5. The number of anilines is 1. The molecule has 0 aliphatic rings. The molecule has 0 spiro atoms. The van der Waals surface area contributed by atoms with Crippen LogP contribution in [0.3, 0.4) is 0 Å². The summed E-state index contributed by atoms with van der Waals surface area (Å²) in [5.41, 5.74) is 1.81. The number of carbonyl (C=O) groups excluding carboxylic acids is 2. The van der Waals surface area contributed by atoms with E-state index in [1.54, 1.807) is 30.0 Å². The maximum absolute atomic E-state index is 12.4. The molecule has 5 heteroatoms. The van der Waals surface area contributed by atoms with E-state index in [9.17, 15) is 9.59 Å². The minimum absolute atomic E-state index is 0.00185. The Balaban J connectivity index is 1.98. The van der Waals surface area contributed by atoms with Crippen molar-refractivity contribution in [2.45, 2.75) is 19.9 Å². The van der Waals surface area contributed by atoms with Gasteiger partial charge >= 0.3 is 0 Å². The standard InChI is InChI=1S/C20H24N2O3/c1-16(23)22(18-10-7-11-19(14-18)25-3)13-12-20(24)21(2)15-17-8-5-4-6-9-17/h4-11,14H,12-13,15H2,1-3H3. The predicted molar refractivity (Wildman–Crippen MR) is 98.6 cm³/mol. The van der Waals surface area contributed by atoms with Crippen LogP contribution in [0.15, 0.2) is 54.6 Å². The lowest BCUT2D eigenvalue weighted by atomic mass is 10.2. The molecule has 132 valence electrons. The predicted octanol–water partition coefficient (Wildman–Crippen LogP) is 3.10. The van der Waals surface area contributed by atoms with Crippen LogP contribution in [0.4, 0.5) is 5.69 Å². The van der Waals surface area contributed by atoms with Crippen molar-refractivity contribution in [1.82, 2.24) is 4.90 Å². The summed E-state index contributed by atoms with van der Waals surface area (Å²) in [6.45, 7) is 2.39. The number of amides is 2. The number of hydrogen-bond donors (Lipinski definition) is 0. The third kappa shape index (κ3) is 5.35. The first-order chi connectivity index (χ1) is 12.0. The molecule has 0 saturated carbocycles. The summed E-state index contributed by atoms with van der Waals surface area (Å²) in [5.74, 6) is 0.570. The molecular weight excluding hydrogens is 316 g/mol. The topological polar surface area (TPSA) is 49.9 Å². The smallest absolute Gasteiger partial charge is 0.224 e. The fraction of sp³-hybridized carbons (Fsp3) is 0.300.